The van der Waals surface area contributed by atoms with Gasteiger partial charge in [-0.3, -0.25) is 4.90 Å². The second-order valence-corrected chi connectivity index (χ2v) is 9.71. The molecule has 0 bridgehead atoms. The van der Waals surface area contributed by atoms with E-state index in [0.29, 0.717) is 6.54 Å². The SMILES string of the molecule is C[C@@H]1[C@@H]2C=C(B3OC(C)(C)C(C)(C)O3)CN2CCN1C(=O)OC(C)(C)C.S. The first-order valence-corrected chi connectivity index (χ1v) is 9.61. The highest BCUT2D eigenvalue weighted by Gasteiger charge is 2.54. The van der Waals surface area contributed by atoms with Crippen LogP contribution in [0, 0.1) is 0 Å². The molecule has 3 aliphatic heterocycles. The Morgan fingerprint density at radius 1 is 1.19 bits per heavy atom. The molecule has 0 spiro atoms. The molecule has 6 nitrogen and oxygen atoms in total. The Balaban J connectivity index is 0.00000261. The molecular formula is C19H35BN2O4S. The van der Waals surface area contributed by atoms with Gasteiger partial charge in [-0.05, 0) is 60.9 Å². The third-order valence-electron chi connectivity index (χ3n) is 5.99. The second kappa shape index (κ2) is 7.28. The molecule has 27 heavy (non-hydrogen) atoms. The van der Waals surface area contributed by atoms with Crippen molar-refractivity contribution in [3.05, 3.63) is 11.5 Å². The van der Waals surface area contributed by atoms with Crippen LogP contribution in [-0.4, -0.2) is 71.5 Å². The average Bonchev–Trinajstić information content (AvgIpc) is 2.97. The van der Waals surface area contributed by atoms with E-state index in [0.717, 1.165) is 18.6 Å². The fraction of sp³-hybridized carbons (Fsp3) is 0.842. The molecule has 0 aromatic carbocycles. The highest BCUT2D eigenvalue weighted by atomic mass is 32.1. The quantitative estimate of drug-likeness (QED) is 0.636. The van der Waals surface area contributed by atoms with Crippen molar-refractivity contribution < 1.29 is 18.8 Å². The van der Waals surface area contributed by atoms with Gasteiger partial charge in [0.05, 0.1) is 17.2 Å². The maximum absolute atomic E-state index is 12.5. The lowest BCUT2D eigenvalue weighted by Gasteiger charge is -2.43. The Morgan fingerprint density at radius 2 is 1.74 bits per heavy atom. The van der Waals surface area contributed by atoms with Crippen molar-refractivity contribution in [3.63, 3.8) is 0 Å². The van der Waals surface area contributed by atoms with Gasteiger partial charge in [-0.15, -0.1) is 0 Å². The lowest BCUT2D eigenvalue weighted by Crippen LogP contribution is -2.58. The third-order valence-corrected chi connectivity index (χ3v) is 5.99. The van der Waals surface area contributed by atoms with Gasteiger partial charge in [-0.1, -0.05) is 6.08 Å². The standard InChI is InChI=1S/C19H33BN2O4.H2S/c1-13-15-11-14(20-25-18(5,6)19(7,8)26-20)12-21(15)9-10-22(13)16(23)24-17(2,3)4;/h11,13,15H,9-10,12H2,1-8H3;1H2/t13-,15+;/m1./s1. The Morgan fingerprint density at radius 3 is 2.26 bits per heavy atom. The first-order valence-electron chi connectivity index (χ1n) is 9.61. The molecule has 0 N–H and O–H groups in total. The van der Waals surface area contributed by atoms with Crippen LogP contribution in [-0.2, 0) is 14.0 Å². The summed E-state index contributed by atoms with van der Waals surface area (Å²) in [5, 5.41) is 0. The highest BCUT2D eigenvalue weighted by molar-refractivity contribution is 7.59. The van der Waals surface area contributed by atoms with Crippen LogP contribution in [0.4, 0.5) is 4.79 Å². The van der Waals surface area contributed by atoms with Gasteiger partial charge < -0.3 is 18.9 Å². The van der Waals surface area contributed by atoms with Crippen molar-refractivity contribution in [2.75, 3.05) is 19.6 Å². The zero-order chi connectivity index (χ0) is 19.5. The number of hydrogen-bond donors (Lipinski definition) is 0. The maximum atomic E-state index is 12.5. The van der Waals surface area contributed by atoms with E-state index >= 15 is 0 Å². The van der Waals surface area contributed by atoms with Gasteiger partial charge in [0.1, 0.15) is 5.60 Å². The minimum absolute atomic E-state index is 0. The topological polar surface area (TPSA) is 51.2 Å². The van der Waals surface area contributed by atoms with Gasteiger partial charge in [0.15, 0.2) is 0 Å². The number of fused-ring (bicyclic) bond motifs is 1. The molecule has 2 fully saturated rings. The molecule has 3 heterocycles. The number of amides is 1. The highest BCUT2D eigenvalue weighted by Crippen LogP contribution is 2.40. The van der Waals surface area contributed by atoms with E-state index in [4.69, 9.17) is 14.0 Å². The van der Waals surface area contributed by atoms with Crippen molar-refractivity contribution in [1.29, 1.82) is 0 Å². The summed E-state index contributed by atoms with van der Waals surface area (Å²) in [5.41, 5.74) is 0.00491. The van der Waals surface area contributed by atoms with Gasteiger partial charge in [0.25, 0.3) is 0 Å². The second-order valence-electron chi connectivity index (χ2n) is 9.71. The number of ether oxygens (including phenoxy) is 1. The first kappa shape index (κ1) is 22.6. The van der Waals surface area contributed by atoms with E-state index in [1.807, 2.05) is 25.7 Å². The van der Waals surface area contributed by atoms with Gasteiger partial charge in [0, 0.05) is 25.7 Å². The van der Waals surface area contributed by atoms with Crippen LogP contribution >= 0.6 is 13.5 Å². The Bertz CT molecular complexity index is 601. The Labute approximate surface area is 171 Å². The fourth-order valence-corrected chi connectivity index (χ4v) is 3.74. The van der Waals surface area contributed by atoms with Crippen LogP contribution in [0.3, 0.4) is 0 Å². The predicted molar refractivity (Wildman–Crippen MR) is 112 cm³/mol. The molecule has 0 unspecified atom stereocenters. The molecule has 0 aliphatic carbocycles. The van der Waals surface area contributed by atoms with Gasteiger partial charge in [-0.2, -0.15) is 13.5 Å². The summed E-state index contributed by atoms with van der Waals surface area (Å²) in [5.74, 6) is 0. The zero-order valence-corrected chi connectivity index (χ0v) is 19.0. The van der Waals surface area contributed by atoms with Crippen molar-refractivity contribution in [2.45, 2.75) is 84.3 Å². The molecular weight excluding hydrogens is 363 g/mol. The lowest BCUT2D eigenvalue weighted by atomic mass is 9.78. The predicted octanol–water partition coefficient (Wildman–Crippen LogP) is 2.98. The van der Waals surface area contributed by atoms with Crippen LogP contribution in [0.25, 0.3) is 0 Å². The molecule has 2 saturated heterocycles. The summed E-state index contributed by atoms with van der Waals surface area (Å²) in [6.45, 7) is 18.4. The Kier molecular flexibility index (Phi) is 6.09. The molecule has 0 saturated carbocycles. The van der Waals surface area contributed by atoms with Gasteiger partial charge in [0.2, 0.25) is 0 Å². The van der Waals surface area contributed by atoms with Crippen molar-refractivity contribution in [3.8, 4) is 0 Å². The molecule has 0 aromatic heterocycles. The molecule has 3 aliphatic rings. The van der Waals surface area contributed by atoms with E-state index in [1.165, 1.54) is 0 Å². The number of piperazine rings is 1. The molecule has 8 heteroatoms. The number of carbonyl (C=O) groups is 1. The van der Waals surface area contributed by atoms with Gasteiger partial charge in [-0.25, -0.2) is 4.79 Å². The minimum Gasteiger partial charge on any atom is -0.444 e. The van der Waals surface area contributed by atoms with E-state index < -0.39 is 5.60 Å². The molecule has 0 aromatic rings. The van der Waals surface area contributed by atoms with Crippen molar-refractivity contribution >= 4 is 26.7 Å². The monoisotopic (exact) mass is 398 g/mol. The van der Waals surface area contributed by atoms with Crippen molar-refractivity contribution in [1.82, 2.24) is 9.80 Å². The summed E-state index contributed by atoms with van der Waals surface area (Å²) >= 11 is 0. The van der Waals surface area contributed by atoms with Crippen LogP contribution in [0.5, 0.6) is 0 Å². The van der Waals surface area contributed by atoms with Crippen LogP contribution in [0.1, 0.15) is 55.4 Å². The number of nitrogens with zero attached hydrogens (tertiary/aromatic N) is 2. The number of hydrogen-bond acceptors (Lipinski definition) is 5. The average molecular weight is 398 g/mol. The first-order chi connectivity index (χ1) is 11.8. The lowest BCUT2D eigenvalue weighted by molar-refractivity contribution is -0.00416. The largest absolute Gasteiger partial charge is 0.491 e. The van der Waals surface area contributed by atoms with E-state index in [-0.39, 0.29) is 50.0 Å². The summed E-state index contributed by atoms with van der Waals surface area (Å²) in [4.78, 5) is 16.8. The summed E-state index contributed by atoms with van der Waals surface area (Å²) < 4.78 is 18.0. The molecule has 0 radical (unpaired) electrons. The van der Waals surface area contributed by atoms with E-state index in [1.54, 1.807) is 0 Å². The maximum Gasteiger partial charge on any atom is 0.491 e. The summed E-state index contributed by atoms with van der Waals surface area (Å²) in [7, 11) is -0.312. The van der Waals surface area contributed by atoms with Crippen LogP contribution < -0.4 is 0 Å². The molecule has 3 rings (SSSR count). The number of rotatable bonds is 1. The molecule has 1 amide bonds. The molecule has 2 atom stereocenters. The zero-order valence-electron chi connectivity index (χ0n) is 18.0. The summed E-state index contributed by atoms with van der Waals surface area (Å²) in [6, 6.07) is 0.226. The van der Waals surface area contributed by atoms with Crippen LogP contribution in [0.15, 0.2) is 11.5 Å². The normalized spacial score (nSPS) is 29.9. The smallest absolute Gasteiger partial charge is 0.444 e. The van der Waals surface area contributed by atoms with E-state index in [9.17, 15) is 4.79 Å². The fourth-order valence-electron chi connectivity index (χ4n) is 3.74. The minimum atomic E-state index is -0.479. The summed E-state index contributed by atoms with van der Waals surface area (Å²) in [6.07, 6.45) is 1.99. The van der Waals surface area contributed by atoms with Gasteiger partial charge >= 0.3 is 13.2 Å². The number of carbonyl (C=O) groups excluding carboxylic acids is 1. The van der Waals surface area contributed by atoms with Crippen LogP contribution in [0.2, 0.25) is 0 Å². The molecule has 154 valence electrons. The third kappa shape index (κ3) is 4.34. The Hall–Kier alpha value is -0.695. The van der Waals surface area contributed by atoms with Crippen molar-refractivity contribution in [2.24, 2.45) is 0 Å². The van der Waals surface area contributed by atoms with E-state index in [2.05, 4.69) is 45.6 Å².